The first-order chi connectivity index (χ1) is 6.79. The van der Waals surface area contributed by atoms with Crippen molar-refractivity contribution in [3.63, 3.8) is 0 Å². The van der Waals surface area contributed by atoms with Crippen molar-refractivity contribution in [2.45, 2.75) is 38.6 Å². The molecule has 0 amide bonds. The van der Waals surface area contributed by atoms with E-state index in [4.69, 9.17) is 0 Å². The van der Waals surface area contributed by atoms with Crippen molar-refractivity contribution in [1.82, 2.24) is 4.90 Å². The highest BCUT2D eigenvalue weighted by atomic mass is 19.4. The van der Waals surface area contributed by atoms with Gasteiger partial charge >= 0.3 is 12.1 Å². The van der Waals surface area contributed by atoms with Gasteiger partial charge in [0.25, 0.3) is 0 Å². The Morgan fingerprint density at radius 3 is 2.27 bits per heavy atom. The zero-order valence-electron chi connectivity index (χ0n) is 9.10. The van der Waals surface area contributed by atoms with Gasteiger partial charge in [0, 0.05) is 0 Å². The SMILES string of the molecule is CCCCC(OC(=O)C(F)(F)F)N(C)C. The fourth-order valence-corrected chi connectivity index (χ4v) is 0.992. The van der Waals surface area contributed by atoms with Gasteiger partial charge in [0.2, 0.25) is 0 Å². The van der Waals surface area contributed by atoms with Gasteiger partial charge in [0.15, 0.2) is 6.23 Å². The van der Waals surface area contributed by atoms with Crippen LogP contribution < -0.4 is 0 Å². The summed E-state index contributed by atoms with van der Waals surface area (Å²) in [6, 6.07) is 0. The molecule has 0 bridgehead atoms. The van der Waals surface area contributed by atoms with Crippen molar-refractivity contribution < 1.29 is 22.7 Å². The van der Waals surface area contributed by atoms with E-state index in [-0.39, 0.29) is 0 Å². The van der Waals surface area contributed by atoms with Gasteiger partial charge in [0.1, 0.15) is 0 Å². The van der Waals surface area contributed by atoms with E-state index >= 15 is 0 Å². The molecule has 90 valence electrons. The minimum Gasteiger partial charge on any atom is -0.440 e. The Morgan fingerprint density at radius 1 is 1.40 bits per heavy atom. The molecular weight excluding hydrogens is 211 g/mol. The fraction of sp³-hybridized carbons (Fsp3) is 0.889. The number of hydrogen-bond acceptors (Lipinski definition) is 3. The van der Waals surface area contributed by atoms with Gasteiger partial charge < -0.3 is 4.74 Å². The highest BCUT2D eigenvalue weighted by molar-refractivity contribution is 5.75. The monoisotopic (exact) mass is 227 g/mol. The zero-order chi connectivity index (χ0) is 12.1. The van der Waals surface area contributed by atoms with Crippen molar-refractivity contribution in [3.8, 4) is 0 Å². The van der Waals surface area contributed by atoms with Crippen LogP contribution in [-0.4, -0.2) is 37.4 Å². The van der Waals surface area contributed by atoms with E-state index in [1.54, 1.807) is 14.1 Å². The van der Waals surface area contributed by atoms with Gasteiger partial charge in [-0.15, -0.1) is 0 Å². The number of rotatable bonds is 5. The normalized spacial score (nSPS) is 14.1. The molecule has 6 heteroatoms. The third kappa shape index (κ3) is 5.61. The molecule has 1 atom stereocenters. The van der Waals surface area contributed by atoms with Crippen molar-refractivity contribution in [3.05, 3.63) is 0 Å². The number of esters is 1. The van der Waals surface area contributed by atoms with E-state index < -0.39 is 18.4 Å². The smallest absolute Gasteiger partial charge is 0.440 e. The van der Waals surface area contributed by atoms with Crippen LogP contribution in [0.3, 0.4) is 0 Å². The van der Waals surface area contributed by atoms with Gasteiger partial charge in [-0.25, -0.2) is 4.79 Å². The number of halogens is 3. The van der Waals surface area contributed by atoms with Crippen LogP contribution in [-0.2, 0) is 9.53 Å². The maximum Gasteiger partial charge on any atom is 0.490 e. The van der Waals surface area contributed by atoms with E-state index in [0.717, 1.165) is 6.42 Å². The summed E-state index contributed by atoms with van der Waals surface area (Å²) in [5, 5.41) is 0. The molecule has 0 heterocycles. The van der Waals surface area contributed by atoms with Crippen LogP contribution in [0.15, 0.2) is 0 Å². The first-order valence-electron chi connectivity index (χ1n) is 4.73. The number of ether oxygens (including phenoxy) is 1. The Bertz CT molecular complexity index is 204. The molecular formula is C9H16F3NO2. The molecule has 0 spiro atoms. The van der Waals surface area contributed by atoms with Crippen LogP contribution in [0.2, 0.25) is 0 Å². The zero-order valence-corrected chi connectivity index (χ0v) is 9.10. The van der Waals surface area contributed by atoms with Gasteiger partial charge in [-0.3, -0.25) is 4.90 Å². The molecule has 0 aliphatic heterocycles. The van der Waals surface area contributed by atoms with Crippen LogP contribution in [0.25, 0.3) is 0 Å². The molecule has 0 saturated carbocycles. The van der Waals surface area contributed by atoms with Crippen LogP contribution in [0.4, 0.5) is 13.2 Å². The van der Waals surface area contributed by atoms with E-state index in [9.17, 15) is 18.0 Å². The van der Waals surface area contributed by atoms with Crippen molar-refractivity contribution in [2.24, 2.45) is 0 Å². The van der Waals surface area contributed by atoms with Crippen LogP contribution >= 0.6 is 0 Å². The molecule has 0 fully saturated rings. The summed E-state index contributed by atoms with van der Waals surface area (Å²) in [6.07, 6.45) is -3.76. The Balaban J connectivity index is 4.23. The Hall–Kier alpha value is -0.780. The number of nitrogens with zero attached hydrogens (tertiary/aromatic N) is 1. The molecule has 0 aliphatic rings. The van der Waals surface area contributed by atoms with Crippen molar-refractivity contribution in [2.75, 3.05) is 14.1 Å². The predicted molar refractivity (Wildman–Crippen MR) is 49.1 cm³/mol. The quantitative estimate of drug-likeness (QED) is 0.532. The summed E-state index contributed by atoms with van der Waals surface area (Å²) in [5.74, 6) is -2.13. The summed E-state index contributed by atoms with van der Waals surface area (Å²) in [4.78, 5) is 12.0. The summed E-state index contributed by atoms with van der Waals surface area (Å²) < 4.78 is 40.0. The number of unbranched alkanes of at least 4 members (excludes halogenated alkanes) is 1. The molecule has 0 aromatic rings. The topological polar surface area (TPSA) is 29.5 Å². The summed E-state index contributed by atoms with van der Waals surface area (Å²) in [6.45, 7) is 1.91. The average Bonchev–Trinajstić information content (AvgIpc) is 2.09. The highest BCUT2D eigenvalue weighted by Gasteiger charge is 2.42. The molecule has 0 N–H and O–H groups in total. The van der Waals surface area contributed by atoms with Gasteiger partial charge in [-0.05, 0) is 26.9 Å². The lowest BCUT2D eigenvalue weighted by molar-refractivity contribution is -0.211. The Kier molecular flexibility index (Phi) is 5.64. The van der Waals surface area contributed by atoms with E-state index in [1.165, 1.54) is 4.90 Å². The lowest BCUT2D eigenvalue weighted by Gasteiger charge is -2.24. The van der Waals surface area contributed by atoms with Gasteiger partial charge in [-0.1, -0.05) is 13.3 Å². The maximum absolute atomic E-state index is 11.9. The number of alkyl halides is 3. The number of hydrogen-bond donors (Lipinski definition) is 0. The first-order valence-corrected chi connectivity index (χ1v) is 4.73. The molecule has 0 saturated heterocycles. The molecule has 0 aromatic heterocycles. The molecule has 0 aliphatic carbocycles. The standard InChI is InChI=1S/C9H16F3NO2/c1-4-5-6-7(13(2)3)15-8(14)9(10,11)12/h7H,4-6H2,1-3H3. The van der Waals surface area contributed by atoms with E-state index in [2.05, 4.69) is 4.74 Å². The summed E-state index contributed by atoms with van der Waals surface area (Å²) in [7, 11) is 3.15. The van der Waals surface area contributed by atoms with Gasteiger partial charge in [0.05, 0.1) is 0 Å². The average molecular weight is 227 g/mol. The van der Waals surface area contributed by atoms with Crippen molar-refractivity contribution >= 4 is 5.97 Å². The largest absolute Gasteiger partial charge is 0.490 e. The lowest BCUT2D eigenvalue weighted by Crippen LogP contribution is -2.37. The number of carbonyl (C=O) groups excluding carboxylic acids is 1. The van der Waals surface area contributed by atoms with Crippen LogP contribution in [0.5, 0.6) is 0 Å². The second-order valence-electron chi connectivity index (χ2n) is 3.46. The third-order valence-corrected chi connectivity index (χ3v) is 1.86. The van der Waals surface area contributed by atoms with E-state index in [1.807, 2.05) is 6.92 Å². The third-order valence-electron chi connectivity index (χ3n) is 1.86. The minimum atomic E-state index is -4.92. The Morgan fingerprint density at radius 2 is 1.93 bits per heavy atom. The number of carbonyl (C=O) groups is 1. The minimum absolute atomic E-state index is 0.408. The highest BCUT2D eigenvalue weighted by Crippen LogP contribution is 2.19. The second kappa shape index (κ2) is 5.95. The Labute approximate surface area is 87.2 Å². The van der Waals surface area contributed by atoms with Gasteiger partial charge in [-0.2, -0.15) is 13.2 Å². The molecule has 0 aromatic carbocycles. The van der Waals surface area contributed by atoms with Crippen molar-refractivity contribution in [1.29, 1.82) is 0 Å². The van der Waals surface area contributed by atoms with Crippen LogP contribution in [0, 0.1) is 0 Å². The molecule has 3 nitrogen and oxygen atoms in total. The summed E-state index contributed by atoms with van der Waals surface area (Å²) >= 11 is 0. The predicted octanol–water partition coefficient (Wildman–Crippen LogP) is 2.17. The lowest BCUT2D eigenvalue weighted by atomic mass is 10.2. The van der Waals surface area contributed by atoms with E-state index in [0.29, 0.717) is 12.8 Å². The molecule has 0 rings (SSSR count). The molecule has 0 radical (unpaired) electrons. The van der Waals surface area contributed by atoms with Crippen LogP contribution in [0.1, 0.15) is 26.2 Å². The molecule has 15 heavy (non-hydrogen) atoms. The fourth-order valence-electron chi connectivity index (χ4n) is 0.992. The summed E-state index contributed by atoms with van der Waals surface area (Å²) in [5.41, 5.74) is 0. The maximum atomic E-state index is 11.9. The first kappa shape index (κ1) is 14.2. The molecule has 1 unspecified atom stereocenters. The second-order valence-corrected chi connectivity index (χ2v) is 3.46.